The number of nitrogens with zero attached hydrogens (tertiary/aromatic N) is 2. The lowest BCUT2D eigenvalue weighted by atomic mass is 10.2. The van der Waals surface area contributed by atoms with Crippen LogP contribution in [0.25, 0.3) is 0 Å². The van der Waals surface area contributed by atoms with Gasteiger partial charge in [-0.05, 0) is 44.9 Å². The SMILES string of the molecule is C[C@@H]1CN(C(=O)COC(=O)c2cccc(S(=O)(=O)N3CCCC3)c2)C[C@H](C)O1. The summed E-state index contributed by atoms with van der Waals surface area (Å²) in [4.78, 5) is 26.3. The van der Waals surface area contributed by atoms with Crippen molar-refractivity contribution in [2.45, 2.75) is 43.8 Å². The zero-order valence-corrected chi connectivity index (χ0v) is 17.0. The number of benzene rings is 1. The van der Waals surface area contributed by atoms with Gasteiger partial charge >= 0.3 is 5.97 Å². The van der Waals surface area contributed by atoms with E-state index in [1.165, 1.54) is 28.6 Å². The second-order valence-electron chi connectivity index (χ2n) is 7.27. The number of ether oxygens (including phenoxy) is 2. The van der Waals surface area contributed by atoms with Crippen LogP contribution in [0.5, 0.6) is 0 Å². The lowest BCUT2D eigenvalue weighted by molar-refractivity contribution is -0.146. The number of amides is 1. The van der Waals surface area contributed by atoms with Crippen molar-refractivity contribution in [3.63, 3.8) is 0 Å². The van der Waals surface area contributed by atoms with Crippen LogP contribution >= 0.6 is 0 Å². The van der Waals surface area contributed by atoms with Crippen molar-refractivity contribution in [1.29, 1.82) is 0 Å². The van der Waals surface area contributed by atoms with E-state index in [1.807, 2.05) is 13.8 Å². The third kappa shape index (κ3) is 4.71. The van der Waals surface area contributed by atoms with Gasteiger partial charge in [-0.1, -0.05) is 6.07 Å². The molecule has 0 aromatic heterocycles. The zero-order valence-electron chi connectivity index (χ0n) is 16.2. The minimum absolute atomic E-state index is 0.0611. The average molecular weight is 410 g/mol. The van der Waals surface area contributed by atoms with Crippen molar-refractivity contribution in [1.82, 2.24) is 9.21 Å². The monoisotopic (exact) mass is 410 g/mol. The molecule has 154 valence electrons. The Labute approximate surface area is 165 Å². The number of hydrogen-bond acceptors (Lipinski definition) is 6. The van der Waals surface area contributed by atoms with E-state index in [1.54, 1.807) is 4.90 Å². The maximum atomic E-state index is 12.6. The molecule has 0 aliphatic carbocycles. The number of rotatable bonds is 5. The molecule has 0 unspecified atom stereocenters. The highest BCUT2D eigenvalue weighted by molar-refractivity contribution is 7.89. The summed E-state index contributed by atoms with van der Waals surface area (Å²) in [7, 11) is -3.62. The molecule has 2 fully saturated rings. The molecule has 8 nitrogen and oxygen atoms in total. The van der Waals surface area contributed by atoms with Crippen molar-refractivity contribution in [3.8, 4) is 0 Å². The van der Waals surface area contributed by atoms with E-state index in [0.29, 0.717) is 26.2 Å². The van der Waals surface area contributed by atoms with Crippen molar-refractivity contribution in [2.75, 3.05) is 32.8 Å². The van der Waals surface area contributed by atoms with Crippen LogP contribution in [0.3, 0.4) is 0 Å². The van der Waals surface area contributed by atoms with Gasteiger partial charge in [0.15, 0.2) is 6.61 Å². The summed E-state index contributed by atoms with van der Waals surface area (Å²) >= 11 is 0. The van der Waals surface area contributed by atoms with Gasteiger partial charge in [0.2, 0.25) is 10.0 Å². The van der Waals surface area contributed by atoms with Crippen LogP contribution in [0.4, 0.5) is 0 Å². The minimum Gasteiger partial charge on any atom is -0.452 e. The number of carbonyl (C=O) groups is 2. The van der Waals surface area contributed by atoms with Gasteiger partial charge in [0.1, 0.15) is 0 Å². The predicted molar refractivity (Wildman–Crippen MR) is 101 cm³/mol. The van der Waals surface area contributed by atoms with Gasteiger partial charge in [-0.15, -0.1) is 0 Å². The standard InChI is InChI=1S/C19H26N2O6S/c1-14-11-20(12-15(2)27-14)18(22)13-26-19(23)16-6-5-7-17(10-16)28(24,25)21-8-3-4-9-21/h5-7,10,14-15H,3-4,8-9,11-13H2,1-2H3/t14-,15+. The second kappa shape index (κ2) is 8.59. The molecule has 28 heavy (non-hydrogen) atoms. The Morgan fingerprint density at radius 2 is 1.79 bits per heavy atom. The third-order valence-corrected chi connectivity index (χ3v) is 6.77. The predicted octanol–water partition coefficient (Wildman–Crippen LogP) is 1.26. The highest BCUT2D eigenvalue weighted by Gasteiger charge is 2.29. The molecule has 2 aliphatic heterocycles. The van der Waals surface area contributed by atoms with E-state index in [-0.39, 0.29) is 35.2 Å². The van der Waals surface area contributed by atoms with Crippen molar-refractivity contribution in [2.24, 2.45) is 0 Å². The molecule has 1 aromatic carbocycles. The molecule has 3 rings (SSSR count). The van der Waals surface area contributed by atoms with Crippen molar-refractivity contribution < 1.29 is 27.5 Å². The van der Waals surface area contributed by atoms with Gasteiger partial charge in [-0.3, -0.25) is 4.79 Å². The van der Waals surface area contributed by atoms with E-state index >= 15 is 0 Å². The van der Waals surface area contributed by atoms with Gasteiger partial charge < -0.3 is 14.4 Å². The summed E-state index contributed by atoms with van der Waals surface area (Å²) in [6, 6.07) is 5.76. The number of sulfonamides is 1. The molecule has 0 bridgehead atoms. The molecule has 0 saturated carbocycles. The fourth-order valence-corrected chi connectivity index (χ4v) is 5.11. The fraction of sp³-hybridized carbons (Fsp3) is 0.579. The Bertz CT molecular complexity index is 825. The summed E-state index contributed by atoms with van der Waals surface area (Å²) < 4.78 is 37.4. The van der Waals surface area contributed by atoms with E-state index in [0.717, 1.165) is 12.8 Å². The molecule has 2 heterocycles. The van der Waals surface area contributed by atoms with Crippen LogP contribution in [0.2, 0.25) is 0 Å². The highest BCUT2D eigenvalue weighted by Crippen LogP contribution is 2.22. The highest BCUT2D eigenvalue weighted by atomic mass is 32.2. The van der Waals surface area contributed by atoms with Gasteiger partial charge in [-0.2, -0.15) is 4.31 Å². The normalized spacial score (nSPS) is 23.6. The Balaban J connectivity index is 1.62. The second-order valence-corrected chi connectivity index (χ2v) is 9.21. The maximum absolute atomic E-state index is 12.6. The summed E-state index contributed by atoms with van der Waals surface area (Å²) in [6.07, 6.45) is 1.52. The Kier molecular flexibility index (Phi) is 6.36. The van der Waals surface area contributed by atoms with Gasteiger partial charge in [0.25, 0.3) is 5.91 Å². The number of morpholine rings is 1. The Morgan fingerprint density at radius 3 is 2.43 bits per heavy atom. The van der Waals surface area contributed by atoms with Crippen molar-refractivity contribution in [3.05, 3.63) is 29.8 Å². The Morgan fingerprint density at radius 1 is 1.14 bits per heavy atom. The van der Waals surface area contributed by atoms with Gasteiger partial charge in [-0.25, -0.2) is 13.2 Å². The van der Waals surface area contributed by atoms with E-state index < -0.39 is 16.0 Å². The van der Waals surface area contributed by atoms with Gasteiger partial charge in [0.05, 0.1) is 22.7 Å². The number of carbonyl (C=O) groups excluding carboxylic acids is 2. The van der Waals surface area contributed by atoms with E-state index in [9.17, 15) is 18.0 Å². The Hall–Kier alpha value is -1.97. The lowest BCUT2D eigenvalue weighted by Crippen LogP contribution is -2.49. The number of esters is 1. The smallest absolute Gasteiger partial charge is 0.338 e. The summed E-state index contributed by atoms with van der Waals surface area (Å²) in [5.74, 6) is -1.02. The molecule has 2 atom stereocenters. The summed E-state index contributed by atoms with van der Waals surface area (Å²) in [5, 5.41) is 0. The maximum Gasteiger partial charge on any atom is 0.338 e. The molecule has 2 saturated heterocycles. The average Bonchev–Trinajstić information content (AvgIpc) is 3.21. The van der Waals surface area contributed by atoms with Crippen LogP contribution in [0.1, 0.15) is 37.0 Å². The zero-order chi connectivity index (χ0) is 20.3. The first-order valence-electron chi connectivity index (χ1n) is 9.48. The van der Waals surface area contributed by atoms with Crippen LogP contribution in [0, 0.1) is 0 Å². The molecule has 2 aliphatic rings. The first-order valence-corrected chi connectivity index (χ1v) is 10.9. The first-order chi connectivity index (χ1) is 13.3. The molecule has 0 radical (unpaired) electrons. The minimum atomic E-state index is -3.62. The van der Waals surface area contributed by atoms with Crippen LogP contribution < -0.4 is 0 Å². The molecule has 9 heteroatoms. The molecule has 1 aromatic rings. The topological polar surface area (TPSA) is 93.2 Å². The summed E-state index contributed by atoms with van der Waals surface area (Å²) in [5.41, 5.74) is 0.108. The fourth-order valence-electron chi connectivity index (χ4n) is 3.54. The lowest BCUT2D eigenvalue weighted by Gasteiger charge is -2.35. The molecular weight excluding hydrogens is 384 g/mol. The van der Waals surface area contributed by atoms with Crippen LogP contribution in [0.15, 0.2) is 29.2 Å². The third-order valence-electron chi connectivity index (χ3n) is 4.87. The van der Waals surface area contributed by atoms with E-state index in [2.05, 4.69) is 0 Å². The summed E-state index contributed by atoms with van der Waals surface area (Å²) in [6.45, 7) is 5.25. The molecule has 0 N–H and O–H groups in total. The van der Waals surface area contributed by atoms with Crippen LogP contribution in [-0.2, 0) is 24.3 Å². The van der Waals surface area contributed by atoms with Crippen molar-refractivity contribution >= 4 is 21.9 Å². The molecular formula is C19H26N2O6S. The largest absolute Gasteiger partial charge is 0.452 e. The first kappa shape index (κ1) is 20.8. The van der Waals surface area contributed by atoms with Gasteiger partial charge in [0, 0.05) is 26.2 Å². The quantitative estimate of drug-likeness (QED) is 0.679. The van der Waals surface area contributed by atoms with E-state index in [4.69, 9.17) is 9.47 Å². The van der Waals surface area contributed by atoms with Crippen LogP contribution in [-0.4, -0.2) is 74.5 Å². The molecule has 1 amide bonds. The molecule has 0 spiro atoms. The number of hydrogen-bond donors (Lipinski definition) is 0.